The molecule has 0 amide bonds. The Labute approximate surface area is 97.0 Å². The highest BCUT2D eigenvalue weighted by atomic mass is 16.5. The molecule has 0 spiro atoms. The summed E-state index contributed by atoms with van der Waals surface area (Å²) in [6, 6.07) is 0.326. The number of hydrogen-bond acceptors (Lipinski definition) is 3. The molecule has 4 nitrogen and oxygen atoms in total. The van der Waals surface area contributed by atoms with Crippen LogP contribution >= 0.6 is 0 Å². The Morgan fingerprint density at radius 2 is 2.12 bits per heavy atom. The molecule has 90 valence electrons. The Morgan fingerprint density at radius 1 is 1.44 bits per heavy atom. The SMILES string of the molecule is Cn1cc(NC2CC(C)(C)OC2(C)C)cn1. The fourth-order valence-corrected chi connectivity index (χ4v) is 2.48. The molecule has 1 aliphatic heterocycles. The smallest absolute Gasteiger partial charge is 0.0834 e. The summed E-state index contributed by atoms with van der Waals surface area (Å²) >= 11 is 0. The summed E-state index contributed by atoms with van der Waals surface area (Å²) < 4.78 is 7.84. The van der Waals surface area contributed by atoms with Gasteiger partial charge in [-0.25, -0.2) is 0 Å². The van der Waals surface area contributed by atoms with E-state index >= 15 is 0 Å². The molecule has 1 N–H and O–H groups in total. The van der Waals surface area contributed by atoms with Crippen molar-refractivity contribution in [2.75, 3.05) is 5.32 Å². The highest BCUT2D eigenvalue weighted by Crippen LogP contribution is 2.38. The standard InChI is InChI=1S/C12H21N3O/c1-11(2)6-10(12(3,4)16-11)14-9-7-13-15(5)8-9/h7-8,10,14H,6H2,1-5H3. The number of nitrogens with one attached hydrogen (secondary N) is 1. The second kappa shape index (κ2) is 3.48. The Morgan fingerprint density at radius 3 is 2.56 bits per heavy atom. The molecule has 1 aromatic rings. The molecule has 1 unspecified atom stereocenters. The van der Waals surface area contributed by atoms with Crippen molar-refractivity contribution in [1.29, 1.82) is 0 Å². The van der Waals surface area contributed by atoms with E-state index in [1.807, 2.05) is 19.4 Å². The first-order valence-electron chi connectivity index (χ1n) is 5.74. The predicted octanol–water partition coefficient (Wildman–Crippen LogP) is 2.18. The fourth-order valence-electron chi connectivity index (χ4n) is 2.48. The van der Waals surface area contributed by atoms with Gasteiger partial charge in [0.2, 0.25) is 0 Å². The molecule has 0 bridgehead atoms. The molecule has 0 aliphatic carbocycles. The third-order valence-corrected chi connectivity index (χ3v) is 3.12. The molecule has 1 aromatic heterocycles. The van der Waals surface area contributed by atoms with Crippen molar-refractivity contribution in [2.45, 2.75) is 51.4 Å². The maximum absolute atomic E-state index is 6.04. The number of hydrogen-bond donors (Lipinski definition) is 1. The maximum Gasteiger partial charge on any atom is 0.0834 e. The molecule has 0 aromatic carbocycles. The summed E-state index contributed by atoms with van der Waals surface area (Å²) in [6.07, 6.45) is 4.84. The highest BCUT2D eigenvalue weighted by Gasteiger charge is 2.45. The summed E-state index contributed by atoms with van der Waals surface area (Å²) in [5.74, 6) is 0. The van der Waals surface area contributed by atoms with Crippen molar-refractivity contribution >= 4 is 5.69 Å². The lowest BCUT2D eigenvalue weighted by Crippen LogP contribution is -2.38. The summed E-state index contributed by atoms with van der Waals surface area (Å²) in [7, 11) is 1.92. The lowest BCUT2D eigenvalue weighted by Gasteiger charge is -2.27. The van der Waals surface area contributed by atoms with Crippen molar-refractivity contribution in [3.8, 4) is 0 Å². The number of nitrogens with zero attached hydrogens (tertiary/aromatic N) is 2. The van der Waals surface area contributed by atoms with Crippen molar-refractivity contribution in [1.82, 2.24) is 9.78 Å². The third kappa shape index (κ3) is 2.21. The number of ether oxygens (including phenoxy) is 1. The lowest BCUT2D eigenvalue weighted by molar-refractivity contribution is -0.0662. The number of rotatable bonds is 2. The van der Waals surface area contributed by atoms with E-state index in [0.29, 0.717) is 6.04 Å². The van der Waals surface area contributed by atoms with E-state index in [0.717, 1.165) is 12.1 Å². The van der Waals surface area contributed by atoms with E-state index < -0.39 is 0 Å². The first-order chi connectivity index (χ1) is 7.28. The van der Waals surface area contributed by atoms with Gasteiger partial charge in [0.05, 0.1) is 29.1 Å². The average molecular weight is 223 g/mol. The van der Waals surface area contributed by atoms with Gasteiger partial charge in [-0.3, -0.25) is 4.68 Å². The monoisotopic (exact) mass is 223 g/mol. The molecule has 4 heteroatoms. The molecule has 0 saturated carbocycles. The Hall–Kier alpha value is -1.03. The second-order valence-electron chi connectivity index (χ2n) is 5.77. The van der Waals surface area contributed by atoms with Gasteiger partial charge < -0.3 is 10.1 Å². The highest BCUT2D eigenvalue weighted by molar-refractivity contribution is 5.40. The van der Waals surface area contributed by atoms with Gasteiger partial charge in [-0.05, 0) is 34.1 Å². The van der Waals surface area contributed by atoms with Gasteiger partial charge in [0.15, 0.2) is 0 Å². The maximum atomic E-state index is 6.04. The van der Waals surface area contributed by atoms with E-state index in [1.165, 1.54) is 0 Å². The topological polar surface area (TPSA) is 39.1 Å². The first kappa shape index (κ1) is 11.5. The van der Waals surface area contributed by atoms with Crippen LogP contribution in [0, 0.1) is 0 Å². The van der Waals surface area contributed by atoms with Crippen LogP contribution in [0.1, 0.15) is 34.1 Å². The van der Waals surface area contributed by atoms with Crippen LogP contribution in [0.15, 0.2) is 12.4 Å². The van der Waals surface area contributed by atoms with Crippen LogP contribution in [0.25, 0.3) is 0 Å². The van der Waals surface area contributed by atoms with Gasteiger partial charge in [-0.1, -0.05) is 0 Å². The van der Waals surface area contributed by atoms with Crippen LogP contribution in [0.2, 0.25) is 0 Å². The predicted molar refractivity (Wildman–Crippen MR) is 64.5 cm³/mol. The molecule has 1 saturated heterocycles. The van der Waals surface area contributed by atoms with Gasteiger partial charge in [0, 0.05) is 13.2 Å². The summed E-state index contributed by atoms with van der Waals surface area (Å²) in [6.45, 7) is 8.55. The van der Waals surface area contributed by atoms with Crippen molar-refractivity contribution in [3.63, 3.8) is 0 Å². The van der Waals surface area contributed by atoms with Gasteiger partial charge >= 0.3 is 0 Å². The van der Waals surface area contributed by atoms with E-state index in [-0.39, 0.29) is 11.2 Å². The normalized spacial score (nSPS) is 26.9. The van der Waals surface area contributed by atoms with E-state index in [2.05, 4.69) is 38.1 Å². The molecule has 16 heavy (non-hydrogen) atoms. The van der Waals surface area contributed by atoms with Crippen LogP contribution in [0.4, 0.5) is 5.69 Å². The van der Waals surface area contributed by atoms with Gasteiger partial charge in [0.25, 0.3) is 0 Å². The summed E-state index contributed by atoms with van der Waals surface area (Å²) in [5.41, 5.74) is 0.866. The Bertz CT molecular complexity index is 381. The molecule has 2 heterocycles. The van der Waals surface area contributed by atoms with Gasteiger partial charge in [0.1, 0.15) is 0 Å². The minimum atomic E-state index is -0.140. The van der Waals surface area contributed by atoms with Crippen LogP contribution in [0.3, 0.4) is 0 Å². The van der Waals surface area contributed by atoms with Crippen LogP contribution in [0.5, 0.6) is 0 Å². The van der Waals surface area contributed by atoms with Crippen LogP contribution in [-0.2, 0) is 11.8 Å². The second-order valence-corrected chi connectivity index (χ2v) is 5.77. The van der Waals surface area contributed by atoms with Crippen molar-refractivity contribution < 1.29 is 4.74 Å². The quantitative estimate of drug-likeness (QED) is 0.835. The Balaban J connectivity index is 2.10. The van der Waals surface area contributed by atoms with Crippen molar-refractivity contribution in [3.05, 3.63) is 12.4 Å². The fraction of sp³-hybridized carbons (Fsp3) is 0.750. The molecule has 1 fully saturated rings. The van der Waals surface area contributed by atoms with Crippen molar-refractivity contribution in [2.24, 2.45) is 7.05 Å². The van der Waals surface area contributed by atoms with E-state index in [9.17, 15) is 0 Å². The molecule has 2 rings (SSSR count). The largest absolute Gasteiger partial charge is 0.377 e. The zero-order chi connectivity index (χ0) is 12.0. The molecule has 1 atom stereocenters. The summed E-state index contributed by atoms with van der Waals surface area (Å²) in [5, 5.41) is 7.66. The number of anilines is 1. The third-order valence-electron chi connectivity index (χ3n) is 3.12. The Kier molecular flexibility index (Phi) is 2.49. The minimum absolute atomic E-state index is 0.0522. The van der Waals surface area contributed by atoms with E-state index in [1.54, 1.807) is 4.68 Å². The lowest BCUT2D eigenvalue weighted by atomic mass is 9.94. The molecule has 0 radical (unpaired) electrons. The zero-order valence-corrected chi connectivity index (χ0v) is 10.7. The first-order valence-corrected chi connectivity index (χ1v) is 5.74. The average Bonchev–Trinajstić information content (AvgIpc) is 2.55. The van der Waals surface area contributed by atoms with Crippen LogP contribution in [-0.4, -0.2) is 27.0 Å². The summed E-state index contributed by atoms with van der Waals surface area (Å²) in [4.78, 5) is 0. The molecule has 1 aliphatic rings. The van der Waals surface area contributed by atoms with Gasteiger partial charge in [-0.15, -0.1) is 0 Å². The number of aromatic nitrogens is 2. The minimum Gasteiger partial charge on any atom is -0.377 e. The molecular formula is C12H21N3O. The molecular weight excluding hydrogens is 202 g/mol. The van der Waals surface area contributed by atoms with Crippen LogP contribution < -0.4 is 5.32 Å². The zero-order valence-electron chi connectivity index (χ0n) is 10.7. The number of aryl methyl sites for hydroxylation is 1. The van der Waals surface area contributed by atoms with Gasteiger partial charge in [-0.2, -0.15) is 5.10 Å². The van der Waals surface area contributed by atoms with E-state index in [4.69, 9.17) is 4.74 Å².